The summed E-state index contributed by atoms with van der Waals surface area (Å²) in [7, 11) is 0. The van der Waals surface area contributed by atoms with Crippen molar-refractivity contribution in [2.45, 2.75) is 23.6 Å². The number of aryl methyl sites for hydroxylation is 1. The molecule has 0 radical (unpaired) electrons. The Balaban J connectivity index is 1.70. The number of carbonyl (C=O) groups excluding carboxylic acids is 1. The van der Waals surface area contributed by atoms with E-state index in [1.54, 1.807) is 0 Å². The van der Waals surface area contributed by atoms with E-state index < -0.39 is 4.92 Å². The molecule has 3 aromatic rings. The van der Waals surface area contributed by atoms with Gasteiger partial charge in [0.05, 0.1) is 21.2 Å². The number of nitro benzene ring substituents is 1. The molecule has 0 saturated heterocycles. The number of aromatic nitrogens is 2. The zero-order chi connectivity index (χ0) is 20.3. The van der Waals surface area contributed by atoms with Gasteiger partial charge in [-0.3, -0.25) is 14.9 Å². The van der Waals surface area contributed by atoms with E-state index in [-0.39, 0.29) is 18.2 Å². The molecule has 0 fully saturated rings. The molecule has 0 spiro atoms. The molecule has 0 aliphatic carbocycles. The van der Waals surface area contributed by atoms with E-state index in [1.165, 1.54) is 40.7 Å². The van der Waals surface area contributed by atoms with Crippen molar-refractivity contribution in [3.8, 4) is 5.75 Å². The van der Waals surface area contributed by atoms with Gasteiger partial charge in [-0.1, -0.05) is 23.4 Å². The normalized spacial score (nSPS) is 10.7. The number of ether oxygens (including phenoxy) is 1. The van der Waals surface area contributed by atoms with Gasteiger partial charge < -0.3 is 4.74 Å². The molecule has 1 heterocycles. The van der Waals surface area contributed by atoms with Crippen LogP contribution in [0.3, 0.4) is 0 Å². The van der Waals surface area contributed by atoms with Crippen molar-refractivity contribution in [2.24, 2.45) is 0 Å². The molecule has 0 N–H and O–H groups in total. The number of halogens is 1. The second-order valence-corrected chi connectivity index (χ2v) is 7.42. The summed E-state index contributed by atoms with van der Waals surface area (Å²) in [6.45, 7) is 3.43. The molecule has 0 aliphatic rings. The van der Waals surface area contributed by atoms with Crippen LogP contribution in [0, 0.1) is 24.0 Å². The Labute approximate surface area is 170 Å². The SMILES string of the molecule is Cc1nn(C(=O)COc2ccc([N+](=O)[O-])cc2)c(C)c1Sc1ccc(Cl)cc1. The minimum Gasteiger partial charge on any atom is -0.484 e. The molecule has 28 heavy (non-hydrogen) atoms. The highest BCUT2D eigenvalue weighted by molar-refractivity contribution is 7.99. The number of benzene rings is 2. The standard InChI is InChI=1S/C19H16ClN3O4S/c1-12-19(28-17-9-3-14(20)4-10-17)13(2)22(21-12)18(24)11-27-16-7-5-15(6-8-16)23(25)26/h3-10H,11H2,1-2H3. The van der Waals surface area contributed by atoms with Crippen molar-refractivity contribution in [1.82, 2.24) is 9.78 Å². The van der Waals surface area contributed by atoms with Crippen LogP contribution in [0.2, 0.25) is 5.02 Å². The molecule has 9 heteroatoms. The molecule has 0 saturated carbocycles. The molecule has 0 amide bonds. The average molecular weight is 418 g/mol. The summed E-state index contributed by atoms with van der Waals surface area (Å²) in [6.07, 6.45) is 0. The molecule has 0 aliphatic heterocycles. The Kier molecular flexibility index (Phi) is 6.01. The first-order valence-electron chi connectivity index (χ1n) is 8.25. The first-order valence-corrected chi connectivity index (χ1v) is 9.44. The zero-order valence-electron chi connectivity index (χ0n) is 15.1. The van der Waals surface area contributed by atoms with E-state index in [0.29, 0.717) is 10.8 Å². The summed E-state index contributed by atoms with van der Waals surface area (Å²) >= 11 is 7.42. The van der Waals surface area contributed by atoms with Gasteiger partial charge in [0, 0.05) is 22.1 Å². The lowest BCUT2D eigenvalue weighted by Gasteiger charge is -2.07. The van der Waals surface area contributed by atoms with E-state index in [1.807, 2.05) is 38.1 Å². The van der Waals surface area contributed by atoms with Crippen LogP contribution in [0.4, 0.5) is 5.69 Å². The molecule has 0 atom stereocenters. The number of carbonyl (C=O) groups is 1. The quantitative estimate of drug-likeness (QED) is 0.417. The smallest absolute Gasteiger partial charge is 0.285 e. The highest BCUT2D eigenvalue weighted by Crippen LogP contribution is 2.33. The molecule has 144 valence electrons. The summed E-state index contributed by atoms with van der Waals surface area (Å²) in [6, 6.07) is 13.0. The maximum Gasteiger partial charge on any atom is 0.285 e. The lowest BCUT2D eigenvalue weighted by atomic mass is 10.3. The van der Waals surface area contributed by atoms with Crippen LogP contribution in [-0.4, -0.2) is 27.2 Å². The van der Waals surface area contributed by atoms with E-state index in [9.17, 15) is 14.9 Å². The highest BCUT2D eigenvalue weighted by Gasteiger charge is 2.18. The number of nitro groups is 1. The van der Waals surface area contributed by atoms with E-state index in [0.717, 1.165) is 21.2 Å². The van der Waals surface area contributed by atoms with Gasteiger partial charge in [-0.05, 0) is 50.2 Å². The van der Waals surface area contributed by atoms with Crippen molar-refractivity contribution in [1.29, 1.82) is 0 Å². The molecule has 2 aromatic carbocycles. The van der Waals surface area contributed by atoms with Crippen LogP contribution in [-0.2, 0) is 0 Å². The number of rotatable bonds is 6. The molecular weight excluding hydrogens is 402 g/mol. The zero-order valence-corrected chi connectivity index (χ0v) is 16.7. The molecular formula is C19H16ClN3O4S. The van der Waals surface area contributed by atoms with E-state index >= 15 is 0 Å². The summed E-state index contributed by atoms with van der Waals surface area (Å²) in [4.78, 5) is 24.6. The van der Waals surface area contributed by atoms with Crippen LogP contribution in [0.5, 0.6) is 5.75 Å². The number of hydrogen-bond acceptors (Lipinski definition) is 6. The van der Waals surface area contributed by atoms with Crippen LogP contribution < -0.4 is 4.74 Å². The van der Waals surface area contributed by atoms with Gasteiger partial charge in [0.2, 0.25) is 0 Å². The predicted octanol–water partition coefficient (Wildman–Crippen LogP) is 4.93. The maximum absolute atomic E-state index is 12.5. The molecule has 3 rings (SSSR count). The van der Waals surface area contributed by atoms with Crippen molar-refractivity contribution in [2.75, 3.05) is 6.61 Å². The lowest BCUT2D eigenvalue weighted by molar-refractivity contribution is -0.384. The Morgan fingerprint density at radius 1 is 1.18 bits per heavy atom. The van der Waals surface area contributed by atoms with E-state index in [2.05, 4.69) is 5.10 Å². The van der Waals surface area contributed by atoms with Crippen molar-refractivity contribution < 1.29 is 14.5 Å². The number of nitrogens with zero attached hydrogens (tertiary/aromatic N) is 3. The fourth-order valence-corrected chi connectivity index (χ4v) is 3.57. The van der Waals surface area contributed by atoms with Crippen molar-refractivity contribution >= 4 is 35.0 Å². The Bertz CT molecular complexity index is 1020. The Morgan fingerprint density at radius 2 is 1.82 bits per heavy atom. The van der Waals surface area contributed by atoms with Gasteiger partial charge in [-0.2, -0.15) is 5.10 Å². The van der Waals surface area contributed by atoms with Crippen LogP contribution >= 0.6 is 23.4 Å². The minimum atomic E-state index is -0.495. The van der Waals surface area contributed by atoms with Gasteiger partial charge in [0.1, 0.15) is 5.75 Å². The third kappa shape index (κ3) is 4.52. The third-order valence-corrected chi connectivity index (χ3v) is 5.46. The number of hydrogen-bond donors (Lipinski definition) is 0. The van der Waals surface area contributed by atoms with E-state index in [4.69, 9.17) is 16.3 Å². The van der Waals surface area contributed by atoms with Gasteiger partial charge in [0.25, 0.3) is 11.6 Å². The Hall–Kier alpha value is -2.84. The maximum atomic E-state index is 12.5. The fourth-order valence-electron chi connectivity index (χ4n) is 2.51. The first kappa shape index (κ1) is 19.9. The second-order valence-electron chi connectivity index (χ2n) is 5.90. The molecule has 0 unspecified atom stereocenters. The lowest BCUT2D eigenvalue weighted by Crippen LogP contribution is -2.21. The second kappa shape index (κ2) is 8.45. The summed E-state index contributed by atoms with van der Waals surface area (Å²) in [5.41, 5.74) is 1.41. The van der Waals surface area contributed by atoms with Gasteiger partial charge in [-0.25, -0.2) is 4.68 Å². The third-order valence-electron chi connectivity index (χ3n) is 3.90. The molecule has 1 aromatic heterocycles. The molecule has 0 bridgehead atoms. The summed E-state index contributed by atoms with van der Waals surface area (Å²) < 4.78 is 6.76. The summed E-state index contributed by atoms with van der Waals surface area (Å²) in [5.74, 6) is 0.0400. The van der Waals surface area contributed by atoms with Crippen LogP contribution in [0.25, 0.3) is 0 Å². The topological polar surface area (TPSA) is 87.3 Å². The van der Waals surface area contributed by atoms with Crippen molar-refractivity contribution in [3.05, 3.63) is 75.1 Å². The first-order chi connectivity index (χ1) is 13.3. The summed E-state index contributed by atoms with van der Waals surface area (Å²) in [5, 5.41) is 15.7. The van der Waals surface area contributed by atoms with Gasteiger partial charge in [-0.15, -0.1) is 0 Å². The predicted molar refractivity (Wildman–Crippen MR) is 106 cm³/mol. The van der Waals surface area contributed by atoms with Gasteiger partial charge in [0.15, 0.2) is 6.61 Å². The monoisotopic (exact) mass is 417 g/mol. The van der Waals surface area contributed by atoms with Crippen LogP contribution in [0.15, 0.2) is 58.3 Å². The van der Waals surface area contributed by atoms with Gasteiger partial charge >= 0.3 is 0 Å². The fraction of sp³-hybridized carbons (Fsp3) is 0.158. The average Bonchev–Trinajstić information content (AvgIpc) is 2.96. The van der Waals surface area contributed by atoms with Crippen molar-refractivity contribution in [3.63, 3.8) is 0 Å². The highest BCUT2D eigenvalue weighted by atomic mass is 35.5. The minimum absolute atomic E-state index is 0.0407. The van der Waals surface area contributed by atoms with Crippen LogP contribution in [0.1, 0.15) is 16.2 Å². The largest absolute Gasteiger partial charge is 0.484 e. The number of non-ortho nitro benzene ring substituents is 1. The molecule has 7 nitrogen and oxygen atoms in total. The Morgan fingerprint density at radius 3 is 2.43 bits per heavy atom.